The maximum absolute atomic E-state index is 12.6. The van der Waals surface area contributed by atoms with Crippen molar-refractivity contribution in [3.05, 3.63) is 53.9 Å². The van der Waals surface area contributed by atoms with Gasteiger partial charge in [-0.15, -0.1) is 0 Å². The van der Waals surface area contributed by atoms with E-state index in [1.54, 1.807) is 30.6 Å². The van der Waals surface area contributed by atoms with Gasteiger partial charge in [0.25, 0.3) is 0 Å². The van der Waals surface area contributed by atoms with Crippen LogP contribution in [0.5, 0.6) is 0 Å². The van der Waals surface area contributed by atoms with Gasteiger partial charge in [0, 0.05) is 18.0 Å². The van der Waals surface area contributed by atoms with E-state index >= 15 is 0 Å². The number of rotatable bonds is 5. The average Bonchev–Trinajstić information content (AvgIpc) is 2.78. The number of amides is 1. The fourth-order valence-corrected chi connectivity index (χ4v) is 3.05. The van der Waals surface area contributed by atoms with Gasteiger partial charge in [-0.05, 0) is 28.8 Å². The van der Waals surface area contributed by atoms with Gasteiger partial charge in [-0.1, -0.05) is 18.2 Å². The van der Waals surface area contributed by atoms with E-state index in [0.29, 0.717) is 0 Å². The highest BCUT2D eigenvalue weighted by Gasteiger charge is 2.54. The minimum absolute atomic E-state index is 0.200. The molecule has 0 saturated carbocycles. The molecule has 3 rings (SSSR count). The summed E-state index contributed by atoms with van der Waals surface area (Å²) in [6, 6.07) is 8.42. The minimum atomic E-state index is -1.89. The Balaban J connectivity index is 2.09. The van der Waals surface area contributed by atoms with Crippen LogP contribution in [0, 0.1) is 0 Å². The topological polar surface area (TPSA) is 117 Å². The molecule has 7 heteroatoms. The van der Waals surface area contributed by atoms with Gasteiger partial charge >= 0.3 is 5.97 Å². The van der Waals surface area contributed by atoms with Crippen molar-refractivity contribution < 1.29 is 24.6 Å². The number of carboxylic acids is 1. The molecular weight excluding hydrogens is 312 g/mol. The number of Topliss-reactive ketones (excluding diaryl/α,β-unsaturated/α-hetero) is 1. The molecule has 2 atom stereocenters. The Kier molecular flexibility index (Phi) is 3.86. The SMILES string of the molecule is O=CNC1(CC(=O)O)C(=O)c2ccc(-c3cccnc3)cc2C1O. The third kappa shape index (κ3) is 2.35. The molecule has 122 valence electrons. The number of carbonyl (C=O) groups excluding carboxylic acids is 2. The molecule has 0 bridgehead atoms. The zero-order valence-electron chi connectivity index (χ0n) is 12.5. The van der Waals surface area contributed by atoms with E-state index < -0.39 is 29.8 Å². The molecular formula is C17H14N2O5. The minimum Gasteiger partial charge on any atom is -0.481 e. The molecule has 2 aromatic rings. The maximum atomic E-state index is 12.6. The quantitative estimate of drug-likeness (QED) is 0.704. The number of hydrogen-bond acceptors (Lipinski definition) is 5. The summed E-state index contributed by atoms with van der Waals surface area (Å²) in [7, 11) is 0. The summed E-state index contributed by atoms with van der Waals surface area (Å²) in [4.78, 5) is 38.7. The number of carbonyl (C=O) groups is 3. The Bertz CT molecular complexity index is 821. The number of aromatic nitrogens is 1. The largest absolute Gasteiger partial charge is 0.481 e. The Hall–Kier alpha value is -3.06. The number of nitrogens with zero attached hydrogens (tertiary/aromatic N) is 1. The van der Waals surface area contributed by atoms with Crippen molar-refractivity contribution in [3.8, 4) is 11.1 Å². The van der Waals surface area contributed by atoms with Crippen molar-refractivity contribution in [2.24, 2.45) is 0 Å². The van der Waals surface area contributed by atoms with Gasteiger partial charge in [0.15, 0.2) is 5.78 Å². The molecule has 0 radical (unpaired) electrons. The van der Waals surface area contributed by atoms with Gasteiger partial charge in [0.05, 0.1) is 6.42 Å². The van der Waals surface area contributed by atoms with Crippen molar-refractivity contribution in [2.45, 2.75) is 18.1 Å². The van der Waals surface area contributed by atoms with Crippen LogP contribution in [0.1, 0.15) is 28.4 Å². The van der Waals surface area contributed by atoms with Gasteiger partial charge in [-0.25, -0.2) is 0 Å². The molecule has 1 heterocycles. The van der Waals surface area contributed by atoms with Crippen molar-refractivity contribution in [1.82, 2.24) is 10.3 Å². The zero-order chi connectivity index (χ0) is 17.3. The monoisotopic (exact) mass is 326 g/mol. The number of carboxylic acid groups (broad SMARTS) is 1. The first-order chi connectivity index (χ1) is 11.5. The Morgan fingerprint density at radius 3 is 2.75 bits per heavy atom. The normalized spacial score (nSPS) is 22.0. The molecule has 2 unspecified atom stereocenters. The van der Waals surface area contributed by atoms with Gasteiger partial charge < -0.3 is 15.5 Å². The number of pyridine rings is 1. The van der Waals surface area contributed by atoms with Crippen LogP contribution in [-0.4, -0.2) is 38.9 Å². The lowest BCUT2D eigenvalue weighted by Gasteiger charge is -2.28. The molecule has 1 amide bonds. The van der Waals surface area contributed by atoms with E-state index in [2.05, 4.69) is 10.3 Å². The third-order valence-electron chi connectivity index (χ3n) is 4.20. The van der Waals surface area contributed by atoms with E-state index in [4.69, 9.17) is 5.11 Å². The molecule has 24 heavy (non-hydrogen) atoms. The highest BCUT2D eigenvalue weighted by atomic mass is 16.4. The number of fused-ring (bicyclic) bond motifs is 1. The zero-order valence-corrected chi connectivity index (χ0v) is 12.5. The first-order valence-corrected chi connectivity index (χ1v) is 7.20. The highest BCUT2D eigenvalue weighted by molar-refractivity contribution is 6.11. The Morgan fingerprint density at radius 1 is 1.33 bits per heavy atom. The number of hydrogen-bond donors (Lipinski definition) is 3. The summed E-state index contributed by atoms with van der Waals surface area (Å²) in [5.41, 5.74) is 0.122. The summed E-state index contributed by atoms with van der Waals surface area (Å²) in [6.07, 6.45) is 1.35. The fourth-order valence-electron chi connectivity index (χ4n) is 3.05. The first-order valence-electron chi connectivity index (χ1n) is 7.20. The second kappa shape index (κ2) is 5.86. The molecule has 1 aliphatic rings. The molecule has 1 aliphatic carbocycles. The Morgan fingerprint density at radius 2 is 2.12 bits per heavy atom. The number of benzene rings is 1. The predicted octanol–water partition coefficient (Wildman–Crippen LogP) is 0.938. The standard InChI is InChI=1S/C17H14N2O5/c20-9-19-17(7-14(21)22)15(23)12-4-3-10(6-13(12)16(17)24)11-2-1-5-18-8-11/h1-6,8-9,16,24H,7H2,(H,19,20)(H,21,22). The highest BCUT2D eigenvalue weighted by Crippen LogP contribution is 2.42. The van der Waals surface area contributed by atoms with Crippen LogP contribution in [0.4, 0.5) is 0 Å². The Labute approximate surface area is 137 Å². The van der Waals surface area contributed by atoms with Crippen molar-refractivity contribution in [1.29, 1.82) is 0 Å². The van der Waals surface area contributed by atoms with Crippen molar-refractivity contribution in [2.75, 3.05) is 0 Å². The van der Waals surface area contributed by atoms with Crippen LogP contribution in [0.2, 0.25) is 0 Å². The molecule has 1 aromatic heterocycles. The first kappa shape index (κ1) is 15.8. The van der Waals surface area contributed by atoms with Crippen LogP contribution >= 0.6 is 0 Å². The van der Waals surface area contributed by atoms with Gasteiger partial charge in [-0.2, -0.15) is 0 Å². The van der Waals surface area contributed by atoms with E-state index in [1.807, 2.05) is 6.07 Å². The lowest BCUT2D eigenvalue weighted by Crippen LogP contribution is -2.53. The fraction of sp³-hybridized carbons (Fsp3) is 0.176. The summed E-state index contributed by atoms with van der Waals surface area (Å²) in [5, 5.41) is 21.9. The summed E-state index contributed by atoms with van der Waals surface area (Å²) < 4.78 is 0. The average molecular weight is 326 g/mol. The number of aliphatic carboxylic acids is 1. The second-order valence-electron chi connectivity index (χ2n) is 5.58. The number of nitrogens with one attached hydrogen (secondary N) is 1. The molecule has 0 fully saturated rings. The summed E-state index contributed by atoms with van der Waals surface area (Å²) in [5.74, 6) is -1.91. The smallest absolute Gasteiger partial charge is 0.306 e. The molecule has 1 aromatic carbocycles. The molecule has 7 nitrogen and oxygen atoms in total. The summed E-state index contributed by atoms with van der Waals surface area (Å²) in [6.45, 7) is 0. The van der Waals surface area contributed by atoms with E-state index in [1.165, 1.54) is 6.07 Å². The van der Waals surface area contributed by atoms with Crippen LogP contribution in [0.25, 0.3) is 11.1 Å². The summed E-state index contributed by atoms with van der Waals surface area (Å²) >= 11 is 0. The van der Waals surface area contributed by atoms with Crippen molar-refractivity contribution in [3.63, 3.8) is 0 Å². The second-order valence-corrected chi connectivity index (χ2v) is 5.58. The maximum Gasteiger partial charge on any atom is 0.306 e. The van der Waals surface area contributed by atoms with Crippen LogP contribution in [-0.2, 0) is 9.59 Å². The van der Waals surface area contributed by atoms with E-state index in [0.717, 1.165) is 11.1 Å². The third-order valence-corrected chi connectivity index (χ3v) is 4.20. The predicted molar refractivity (Wildman–Crippen MR) is 83.1 cm³/mol. The van der Waals surface area contributed by atoms with Gasteiger partial charge in [0.2, 0.25) is 6.41 Å². The van der Waals surface area contributed by atoms with Crippen LogP contribution in [0.3, 0.4) is 0 Å². The molecule has 0 aliphatic heterocycles. The van der Waals surface area contributed by atoms with Crippen LogP contribution in [0.15, 0.2) is 42.7 Å². The number of aliphatic hydroxyl groups is 1. The van der Waals surface area contributed by atoms with E-state index in [-0.39, 0.29) is 17.5 Å². The molecule has 3 N–H and O–H groups in total. The lowest BCUT2D eigenvalue weighted by atomic mass is 9.88. The lowest BCUT2D eigenvalue weighted by molar-refractivity contribution is -0.139. The van der Waals surface area contributed by atoms with Crippen LogP contribution < -0.4 is 5.32 Å². The number of aliphatic hydroxyl groups excluding tert-OH is 1. The van der Waals surface area contributed by atoms with E-state index in [9.17, 15) is 19.5 Å². The molecule has 0 spiro atoms. The number of ketones is 1. The molecule has 0 saturated heterocycles. The van der Waals surface area contributed by atoms with Crippen molar-refractivity contribution >= 4 is 18.2 Å². The van der Waals surface area contributed by atoms with Gasteiger partial charge in [0.1, 0.15) is 11.6 Å². The van der Waals surface area contributed by atoms with Gasteiger partial charge in [-0.3, -0.25) is 19.4 Å².